The van der Waals surface area contributed by atoms with E-state index in [1.807, 2.05) is 0 Å². The second-order valence-electron chi connectivity index (χ2n) is 6.51. The molecule has 1 aromatic heterocycles. The number of sulfonamides is 1. The fraction of sp³-hybridized carbons (Fsp3) is 0.294. The number of nitrogens with zero attached hydrogens (tertiary/aromatic N) is 2. The minimum atomic E-state index is -3.32. The van der Waals surface area contributed by atoms with E-state index in [4.69, 9.17) is 0 Å². The van der Waals surface area contributed by atoms with Crippen LogP contribution in [0.4, 0.5) is 10.1 Å². The third-order valence-electron chi connectivity index (χ3n) is 4.65. The molecule has 8 heteroatoms. The normalized spacial score (nSPS) is 17.8. The Bertz CT molecular complexity index is 986. The number of carbonyl (C=O) groups excluding carboxylic acids is 1. The molecule has 2 aromatic rings. The highest BCUT2D eigenvalue weighted by Crippen LogP contribution is 2.57. The van der Waals surface area contributed by atoms with Crippen LogP contribution in [-0.2, 0) is 22.1 Å². The molecule has 1 amide bonds. The molecule has 0 bridgehead atoms. The van der Waals surface area contributed by atoms with Gasteiger partial charge in [0.2, 0.25) is 10.0 Å². The number of nitrogens with one attached hydrogen (secondary N) is 1. The number of carbonyl (C=O) groups is 1. The largest absolute Gasteiger partial charge is 0.297 e. The third kappa shape index (κ3) is 2.71. The summed E-state index contributed by atoms with van der Waals surface area (Å²) in [6.45, 7) is 0.0935. The molecule has 0 atom stereocenters. The average molecular weight is 361 g/mol. The lowest BCUT2D eigenvalue weighted by Gasteiger charge is -2.25. The Morgan fingerprint density at radius 1 is 1.28 bits per heavy atom. The molecule has 1 aliphatic carbocycles. The van der Waals surface area contributed by atoms with E-state index < -0.39 is 15.6 Å². The van der Waals surface area contributed by atoms with Crippen molar-refractivity contribution in [2.75, 3.05) is 11.2 Å². The van der Waals surface area contributed by atoms with Crippen molar-refractivity contribution in [3.8, 4) is 0 Å². The summed E-state index contributed by atoms with van der Waals surface area (Å²) in [6.07, 6.45) is 5.74. The lowest BCUT2D eigenvalue weighted by molar-refractivity contribution is 0.0989. The molecule has 1 aromatic carbocycles. The average Bonchev–Trinajstić information content (AvgIpc) is 3.30. The molecule has 0 radical (unpaired) electrons. The van der Waals surface area contributed by atoms with Gasteiger partial charge in [-0.3, -0.25) is 14.7 Å². The van der Waals surface area contributed by atoms with E-state index in [0.29, 0.717) is 16.8 Å². The minimum absolute atomic E-state index is 0.0935. The van der Waals surface area contributed by atoms with E-state index in [2.05, 4.69) is 9.71 Å². The Morgan fingerprint density at radius 2 is 2.04 bits per heavy atom. The zero-order chi connectivity index (χ0) is 17.8. The third-order valence-corrected chi connectivity index (χ3v) is 5.31. The van der Waals surface area contributed by atoms with E-state index in [9.17, 15) is 17.6 Å². The molecule has 0 saturated heterocycles. The van der Waals surface area contributed by atoms with Gasteiger partial charge in [0.1, 0.15) is 5.82 Å². The van der Waals surface area contributed by atoms with Gasteiger partial charge >= 0.3 is 0 Å². The summed E-state index contributed by atoms with van der Waals surface area (Å²) in [5, 5.41) is 0. The Balaban J connectivity index is 1.70. The number of rotatable bonds is 4. The van der Waals surface area contributed by atoms with Gasteiger partial charge in [-0.05, 0) is 48.2 Å². The maximum Gasteiger partial charge on any atom is 0.259 e. The SMILES string of the molecule is CS(=O)(=O)NCc1cncc(N2C(=O)c3ccc(F)cc3C23CC3)c1. The first-order valence-corrected chi connectivity index (χ1v) is 9.72. The number of pyridine rings is 1. The first-order valence-electron chi connectivity index (χ1n) is 7.83. The number of aromatic nitrogens is 1. The zero-order valence-electron chi connectivity index (χ0n) is 13.5. The summed E-state index contributed by atoms with van der Waals surface area (Å²) in [6, 6.07) is 5.99. The summed E-state index contributed by atoms with van der Waals surface area (Å²) >= 11 is 0. The lowest BCUT2D eigenvalue weighted by atomic mass is 10.0. The van der Waals surface area contributed by atoms with Crippen molar-refractivity contribution in [3.63, 3.8) is 0 Å². The first kappa shape index (κ1) is 16.2. The molecule has 1 fully saturated rings. The van der Waals surface area contributed by atoms with Crippen molar-refractivity contribution in [2.45, 2.75) is 24.9 Å². The monoisotopic (exact) mass is 361 g/mol. The van der Waals surface area contributed by atoms with Gasteiger partial charge in [-0.1, -0.05) is 0 Å². The fourth-order valence-corrected chi connectivity index (χ4v) is 3.84. The van der Waals surface area contributed by atoms with Gasteiger partial charge in [-0.2, -0.15) is 0 Å². The predicted molar refractivity (Wildman–Crippen MR) is 90.0 cm³/mol. The van der Waals surface area contributed by atoms with Crippen LogP contribution in [0.3, 0.4) is 0 Å². The molecule has 25 heavy (non-hydrogen) atoms. The predicted octanol–water partition coefficient (Wildman–Crippen LogP) is 1.92. The van der Waals surface area contributed by atoms with E-state index in [1.54, 1.807) is 23.4 Å². The van der Waals surface area contributed by atoms with Gasteiger partial charge in [0, 0.05) is 18.3 Å². The van der Waals surface area contributed by atoms with Gasteiger partial charge < -0.3 is 0 Å². The highest BCUT2D eigenvalue weighted by molar-refractivity contribution is 7.88. The minimum Gasteiger partial charge on any atom is -0.297 e. The number of hydrogen-bond acceptors (Lipinski definition) is 4. The topological polar surface area (TPSA) is 79.4 Å². The highest BCUT2D eigenvalue weighted by Gasteiger charge is 2.58. The molecule has 2 heterocycles. The highest BCUT2D eigenvalue weighted by atomic mass is 32.2. The second-order valence-corrected chi connectivity index (χ2v) is 8.34. The van der Waals surface area contributed by atoms with Gasteiger partial charge in [-0.25, -0.2) is 17.5 Å². The summed E-state index contributed by atoms with van der Waals surface area (Å²) < 4.78 is 38.6. The van der Waals surface area contributed by atoms with Crippen molar-refractivity contribution in [3.05, 3.63) is 59.2 Å². The van der Waals surface area contributed by atoms with Crippen LogP contribution in [0.5, 0.6) is 0 Å². The molecule has 1 aliphatic heterocycles. The molecular weight excluding hydrogens is 345 g/mol. The van der Waals surface area contributed by atoms with Crippen LogP contribution in [0.25, 0.3) is 0 Å². The lowest BCUT2D eigenvalue weighted by Crippen LogP contribution is -2.33. The Morgan fingerprint density at radius 3 is 2.72 bits per heavy atom. The Labute approximate surface area is 144 Å². The van der Waals surface area contributed by atoms with Crippen LogP contribution in [-0.4, -0.2) is 25.6 Å². The molecule has 1 saturated carbocycles. The number of halogens is 1. The Hall–Kier alpha value is -2.32. The molecule has 4 rings (SSSR count). The molecule has 1 spiro atoms. The van der Waals surface area contributed by atoms with E-state index in [1.165, 1.54) is 18.2 Å². The van der Waals surface area contributed by atoms with Crippen LogP contribution >= 0.6 is 0 Å². The fourth-order valence-electron chi connectivity index (χ4n) is 3.41. The van der Waals surface area contributed by atoms with Crippen molar-refractivity contribution in [2.24, 2.45) is 0 Å². The van der Waals surface area contributed by atoms with E-state index in [-0.39, 0.29) is 18.3 Å². The van der Waals surface area contributed by atoms with Crippen LogP contribution < -0.4 is 9.62 Å². The van der Waals surface area contributed by atoms with Crippen LogP contribution in [0.15, 0.2) is 36.7 Å². The number of fused-ring (bicyclic) bond motifs is 2. The van der Waals surface area contributed by atoms with Crippen LogP contribution in [0, 0.1) is 5.82 Å². The van der Waals surface area contributed by atoms with Gasteiger partial charge in [0.15, 0.2) is 0 Å². The van der Waals surface area contributed by atoms with Crippen molar-refractivity contribution < 1.29 is 17.6 Å². The first-order chi connectivity index (χ1) is 11.8. The van der Waals surface area contributed by atoms with Crippen LogP contribution in [0.2, 0.25) is 0 Å². The zero-order valence-corrected chi connectivity index (χ0v) is 14.3. The van der Waals surface area contributed by atoms with E-state index >= 15 is 0 Å². The quantitative estimate of drug-likeness (QED) is 0.902. The maximum absolute atomic E-state index is 13.7. The molecule has 0 unspecified atom stereocenters. The molecular formula is C17H16FN3O3S. The second kappa shape index (κ2) is 5.34. The number of amides is 1. The summed E-state index contributed by atoms with van der Waals surface area (Å²) in [5.41, 5.74) is 1.97. The molecule has 2 aliphatic rings. The van der Waals surface area contributed by atoms with Crippen LogP contribution in [0.1, 0.15) is 34.3 Å². The summed E-state index contributed by atoms with van der Waals surface area (Å²) in [5.74, 6) is -0.536. The number of anilines is 1. The van der Waals surface area contributed by atoms with Gasteiger partial charge in [0.25, 0.3) is 5.91 Å². The maximum atomic E-state index is 13.7. The number of benzene rings is 1. The van der Waals surface area contributed by atoms with Crippen molar-refractivity contribution in [1.29, 1.82) is 0 Å². The van der Waals surface area contributed by atoms with E-state index in [0.717, 1.165) is 24.7 Å². The standard InChI is InChI=1S/C17H16FN3O3S/c1-25(23,24)20-9-11-6-13(10-19-8-11)21-16(22)14-3-2-12(18)7-15(14)17(21)4-5-17/h2-3,6-8,10,20H,4-5,9H2,1H3. The summed E-state index contributed by atoms with van der Waals surface area (Å²) in [7, 11) is -3.32. The summed E-state index contributed by atoms with van der Waals surface area (Å²) in [4.78, 5) is 18.7. The van der Waals surface area contributed by atoms with Gasteiger partial charge in [-0.15, -0.1) is 0 Å². The number of hydrogen-bond donors (Lipinski definition) is 1. The molecule has 130 valence electrons. The Kier molecular flexibility index (Phi) is 3.45. The molecule has 1 N–H and O–H groups in total. The van der Waals surface area contributed by atoms with Crippen molar-refractivity contribution in [1.82, 2.24) is 9.71 Å². The smallest absolute Gasteiger partial charge is 0.259 e. The van der Waals surface area contributed by atoms with Crippen molar-refractivity contribution >= 4 is 21.6 Å². The van der Waals surface area contributed by atoms with Gasteiger partial charge in [0.05, 0.1) is 23.7 Å². The molecule has 6 nitrogen and oxygen atoms in total.